The zero-order valence-corrected chi connectivity index (χ0v) is 18.5. The Bertz CT molecular complexity index is 1060. The number of carbonyl (C=O) groups is 1. The number of aromatic nitrogens is 2. The molecule has 1 aliphatic heterocycles. The van der Waals surface area contributed by atoms with Gasteiger partial charge in [0.15, 0.2) is 0 Å². The molecule has 170 valence electrons. The van der Waals surface area contributed by atoms with Gasteiger partial charge in [-0.3, -0.25) is 9.89 Å². The second-order valence-corrected chi connectivity index (χ2v) is 10.1. The van der Waals surface area contributed by atoms with E-state index in [1.54, 1.807) is 6.07 Å². The lowest BCUT2D eigenvalue weighted by atomic mass is 10.1. The van der Waals surface area contributed by atoms with Crippen LogP contribution in [0.15, 0.2) is 29.2 Å². The predicted molar refractivity (Wildman–Crippen MR) is 108 cm³/mol. The van der Waals surface area contributed by atoms with Gasteiger partial charge < -0.3 is 4.90 Å². The number of aromatic amines is 1. The highest BCUT2D eigenvalue weighted by atomic mass is 35.5. The first kappa shape index (κ1) is 23.6. The number of hydrogen-bond donors (Lipinski definition) is 1. The lowest BCUT2D eigenvalue weighted by Gasteiger charge is -2.33. The summed E-state index contributed by atoms with van der Waals surface area (Å²) >= 11 is 5.58. The molecule has 0 saturated carbocycles. The van der Waals surface area contributed by atoms with E-state index < -0.39 is 31.7 Å². The van der Waals surface area contributed by atoms with Crippen LogP contribution in [0.2, 0.25) is 5.02 Å². The molecule has 1 aromatic heterocycles. The number of alkyl halides is 3. The molecule has 1 N–H and O–H groups in total. The van der Waals surface area contributed by atoms with Crippen molar-refractivity contribution in [3.05, 3.63) is 46.2 Å². The molecule has 1 aliphatic rings. The minimum Gasteiger partial charge on any atom is -0.335 e. The van der Waals surface area contributed by atoms with Crippen molar-refractivity contribution >= 4 is 27.5 Å². The van der Waals surface area contributed by atoms with Gasteiger partial charge in [-0.2, -0.15) is 22.6 Å². The molecule has 0 unspecified atom stereocenters. The zero-order valence-electron chi connectivity index (χ0n) is 16.9. The van der Waals surface area contributed by atoms with Crippen LogP contribution in [-0.2, 0) is 22.6 Å². The van der Waals surface area contributed by atoms with E-state index in [0.717, 1.165) is 28.6 Å². The van der Waals surface area contributed by atoms with E-state index in [0.29, 0.717) is 12.0 Å². The van der Waals surface area contributed by atoms with Gasteiger partial charge in [-0.1, -0.05) is 25.4 Å². The average molecular weight is 479 g/mol. The van der Waals surface area contributed by atoms with Crippen LogP contribution in [-0.4, -0.2) is 59.9 Å². The first-order chi connectivity index (χ1) is 14.4. The van der Waals surface area contributed by atoms with Crippen LogP contribution in [0.5, 0.6) is 0 Å². The van der Waals surface area contributed by atoms with E-state index in [9.17, 15) is 26.4 Å². The Kier molecular flexibility index (Phi) is 6.68. The molecule has 1 amide bonds. The topological polar surface area (TPSA) is 86.4 Å². The standard InChI is InChI=1S/C19H22ClF3N4O3S/c1-12(2)9-13-10-17(25-24-13)18(28)26-5-7-27(8-6-26)31(29,30)14-3-4-16(20)15(11-14)19(21,22)23/h3-4,10-12H,5-9H2,1-2H3,(H,24,25). The van der Waals surface area contributed by atoms with Crippen molar-refractivity contribution in [3.63, 3.8) is 0 Å². The minimum atomic E-state index is -4.77. The van der Waals surface area contributed by atoms with Crippen molar-refractivity contribution in [1.82, 2.24) is 19.4 Å². The predicted octanol–water partition coefficient (Wildman–Crippen LogP) is 3.43. The maximum Gasteiger partial charge on any atom is 0.417 e. The van der Waals surface area contributed by atoms with Crippen molar-refractivity contribution in [3.8, 4) is 0 Å². The largest absolute Gasteiger partial charge is 0.417 e. The van der Waals surface area contributed by atoms with Gasteiger partial charge in [-0.15, -0.1) is 0 Å². The molecule has 1 aromatic carbocycles. The number of halogens is 4. The Morgan fingerprint density at radius 3 is 2.42 bits per heavy atom. The Labute approximate surface area is 183 Å². The monoisotopic (exact) mass is 478 g/mol. The van der Waals surface area contributed by atoms with E-state index in [1.807, 2.05) is 13.8 Å². The summed E-state index contributed by atoms with van der Waals surface area (Å²) in [5.41, 5.74) is -0.123. The molecule has 2 heterocycles. The Morgan fingerprint density at radius 1 is 1.19 bits per heavy atom. The van der Waals surface area contributed by atoms with Gasteiger partial charge in [0.25, 0.3) is 5.91 Å². The first-order valence-electron chi connectivity index (χ1n) is 9.60. The van der Waals surface area contributed by atoms with Gasteiger partial charge in [0, 0.05) is 31.9 Å². The fourth-order valence-corrected chi connectivity index (χ4v) is 5.01. The molecular weight excluding hydrogens is 457 g/mol. The lowest BCUT2D eigenvalue weighted by Crippen LogP contribution is -2.50. The Balaban J connectivity index is 1.70. The van der Waals surface area contributed by atoms with Crippen LogP contribution in [0.4, 0.5) is 13.2 Å². The SMILES string of the molecule is CC(C)Cc1cc(C(=O)N2CCN(S(=O)(=O)c3ccc(Cl)c(C(F)(F)F)c3)CC2)n[nH]1. The number of amides is 1. The van der Waals surface area contributed by atoms with Gasteiger partial charge in [-0.05, 0) is 36.6 Å². The van der Waals surface area contributed by atoms with Gasteiger partial charge in [0.05, 0.1) is 15.5 Å². The van der Waals surface area contributed by atoms with E-state index in [4.69, 9.17) is 11.6 Å². The van der Waals surface area contributed by atoms with E-state index in [2.05, 4.69) is 10.2 Å². The smallest absolute Gasteiger partial charge is 0.335 e. The number of H-pyrrole nitrogens is 1. The number of sulfonamides is 1. The Hall–Kier alpha value is -2.11. The van der Waals surface area contributed by atoms with Crippen LogP contribution in [0.1, 0.15) is 35.6 Å². The van der Waals surface area contributed by atoms with Crippen LogP contribution >= 0.6 is 11.6 Å². The number of piperazine rings is 1. The normalized spacial score (nSPS) is 16.2. The van der Waals surface area contributed by atoms with Gasteiger partial charge in [0.1, 0.15) is 5.69 Å². The van der Waals surface area contributed by atoms with Crippen LogP contribution in [0, 0.1) is 5.92 Å². The lowest BCUT2D eigenvalue weighted by molar-refractivity contribution is -0.137. The third kappa shape index (κ3) is 5.21. The number of nitrogens with one attached hydrogen (secondary N) is 1. The van der Waals surface area contributed by atoms with E-state index in [1.165, 1.54) is 4.90 Å². The molecule has 2 aromatic rings. The van der Waals surface area contributed by atoms with Crippen molar-refractivity contribution in [1.29, 1.82) is 0 Å². The summed E-state index contributed by atoms with van der Waals surface area (Å²) in [5, 5.41) is 6.29. The minimum absolute atomic E-state index is 0.0404. The number of hydrogen-bond acceptors (Lipinski definition) is 4. The van der Waals surface area contributed by atoms with E-state index >= 15 is 0 Å². The van der Waals surface area contributed by atoms with Gasteiger partial charge >= 0.3 is 6.18 Å². The number of benzene rings is 1. The number of rotatable bonds is 5. The molecule has 12 heteroatoms. The number of carbonyl (C=O) groups excluding carboxylic acids is 1. The highest BCUT2D eigenvalue weighted by Gasteiger charge is 2.36. The van der Waals surface area contributed by atoms with Crippen LogP contribution < -0.4 is 0 Å². The average Bonchev–Trinajstić information content (AvgIpc) is 3.14. The molecule has 0 radical (unpaired) electrons. The van der Waals surface area contributed by atoms with Crippen LogP contribution in [0.3, 0.4) is 0 Å². The third-order valence-corrected chi connectivity index (χ3v) is 7.11. The van der Waals surface area contributed by atoms with Crippen LogP contribution in [0.25, 0.3) is 0 Å². The molecule has 0 atom stereocenters. The summed E-state index contributed by atoms with van der Waals surface area (Å²) < 4.78 is 66.0. The van der Waals surface area contributed by atoms with Crippen molar-refractivity contribution in [2.24, 2.45) is 5.92 Å². The molecular formula is C19H22ClF3N4O3S. The summed E-state index contributed by atoms with van der Waals surface area (Å²) in [4.78, 5) is 13.6. The molecule has 0 spiro atoms. The van der Waals surface area contributed by atoms with E-state index in [-0.39, 0.29) is 37.8 Å². The molecule has 3 rings (SSSR count). The second-order valence-electron chi connectivity index (χ2n) is 7.71. The molecule has 7 nitrogen and oxygen atoms in total. The maximum absolute atomic E-state index is 13.1. The summed E-state index contributed by atoms with van der Waals surface area (Å²) in [6.07, 6.45) is -4.03. The summed E-state index contributed by atoms with van der Waals surface area (Å²) in [5.74, 6) is 0.0667. The molecule has 31 heavy (non-hydrogen) atoms. The van der Waals surface area contributed by atoms with Gasteiger partial charge in [0.2, 0.25) is 10.0 Å². The summed E-state index contributed by atoms with van der Waals surface area (Å²) in [7, 11) is -4.17. The first-order valence-corrected chi connectivity index (χ1v) is 11.4. The van der Waals surface area contributed by atoms with Crippen molar-refractivity contribution in [2.75, 3.05) is 26.2 Å². The Morgan fingerprint density at radius 2 is 1.84 bits per heavy atom. The van der Waals surface area contributed by atoms with Crippen molar-refractivity contribution < 1.29 is 26.4 Å². The third-order valence-electron chi connectivity index (χ3n) is 4.89. The number of nitrogens with zero attached hydrogens (tertiary/aromatic N) is 3. The summed E-state index contributed by atoms with van der Waals surface area (Å²) in [6.45, 7) is 4.21. The van der Waals surface area contributed by atoms with Gasteiger partial charge in [-0.25, -0.2) is 8.42 Å². The molecule has 1 fully saturated rings. The summed E-state index contributed by atoms with van der Waals surface area (Å²) in [6, 6.07) is 4.18. The zero-order chi connectivity index (χ0) is 23.0. The fraction of sp³-hybridized carbons (Fsp3) is 0.474. The quantitative estimate of drug-likeness (QED) is 0.713. The second kappa shape index (κ2) is 8.79. The maximum atomic E-state index is 13.1. The highest BCUT2D eigenvalue weighted by Crippen LogP contribution is 2.36. The highest BCUT2D eigenvalue weighted by molar-refractivity contribution is 7.89. The fourth-order valence-electron chi connectivity index (χ4n) is 3.34. The molecule has 0 aliphatic carbocycles. The molecule has 0 bridgehead atoms. The molecule has 1 saturated heterocycles. The van der Waals surface area contributed by atoms with Crippen molar-refractivity contribution in [2.45, 2.75) is 31.3 Å².